The minimum absolute atomic E-state index is 0.0602. The van der Waals surface area contributed by atoms with Crippen molar-refractivity contribution in [1.82, 2.24) is 5.32 Å². The quantitative estimate of drug-likeness (QED) is 0.615. The third-order valence-corrected chi connectivity index (χ3v) is 5.13. The molecule has 1 aliphatic rings. The minimum Gasteiger partial charge on any atom is -0.379 e. The third kappa shape index (κ3) is 6.66. The van der Waals surface area contributed by atoms with Crippen molar-refractivity contribution in [1.29, 1.82) is 0 Å². The average Bonchev–Trinajstić information content (AvgIpc) is 2.48. The first-order valence-corrected chi connectivity index (χ1v) is 8.87. The fourth-order valence-electron chi connectivity index (χ4n) is 3.09. The van der Waals surface area contributed by atoms with Crippen LogP contribution < -0.4 is 5.32 Å². The van der Waals surface area contributed by atoms with E-state index in [1.807, 2.05) is 0 Å². The lowest BCUT2D eigenvalue weighted by atomic mass is 9.77. The van der Waals surface area contributed by atoms with Crippen molar-refractivity contribution in [3.63, 3.8) is 0 Å². The first-order chi connectivity index (χ1) is 9.97. The van der Waals surface area contributed by atoms with Crippen molar-refractivity contribution in [2.45, 2.75) is 83.8 Å². The second-order valence-corrected chi connectivity index (χ2v) is 7.27. The van der Waals surface area contributed by atoms with Gasteiger partial charge in [-0.2, -0.15) is 0 Å². The Morgan fingerprint density at radius 3 is 2.38 bits per heavy atom. The van der Waals surface area contributed by atoms with Crippen LogP contribution in [0.25, 0.3) is 0 Å². The van der Waals surface area contributed by atoms with Gasteiger partial charge in [0.15, 0.2) is 0 Å². The lowest BCUT2D eigenvalue weighted by Gasteiger charge is -2.41. The van der Waals surface area contributed by atoms with Crippen molar-refractivity contribution < 1.29 is 9.47 Å². The van der Waals surface area contributed by atoms with Gasteiger partial charge in [0.1, 0.15) is 0 Å². The number of hydrogen-bond donors (Lipinski definition) is 1. The summed E-state index contributed by atoms with van der Waals surface area (Å²) in [6.07, 6.45) is 8.50. The molecule has 0 aromatic rings. The minimum atomic E-state index is -0.0847. The summed E-state index contributed by atoms with van der Waals surface area (Å²) in [6, 6.07) is 0. The van der Waals surface area contributed by atoms with E-state index in [1.165, 1.54) is 38.5 Å². The molecule has 1 N–H and O–H groups in total. The predicted octanol–water partition coefficient (Wildman–Crippen LogP) is 4.16. The molecule has 0 bridgehead atoms. The maximum absolute atomic E-state index is 6.41. The Morgan fingerprint density at radius 1 is 1.19 bits per heavy atom. The smallest absolute Gasteiger partial charge is 0.0806 e. The first-order valence-electron chi connectivity index (χ1n) is 8.87. The van der Waals surface area contributed by atoms with Crippen LogP contribution in [0, 0.1) is 5.92 Å². The zero-order chi connectivity index (χ0) is 15.8. The highest BCUT2D eigenvalue weighted by Crippen LogP contribution is 2.36. The van der Waals surface area contributed by atoms with Gasteiger partial charge >= 0.3 is 0 Å². The summed E-state index contributed by atoms with van der Waals surface area (Å²) in [4.78, 5) is 0. The molecule has 1 aliphatic carbocycles. The fraction of sp³-hybridized carbons (Fsp3) is 1.00. The molecule has 0 heterocycles. The van der Waals surface area contributed by atoms with Gasteiger partial charge in [-0.25, -0.2) is 0 Å². The van der Waals surface area contributed by atoms with E-state index in [0.717, 1.165) is 32.0 Å². The summed E-state index contributed by atoms with van der Waals surface area (Å²) in [5, 5.41) is 3.58. The fourth-order valence-corrected chi connectivity index (χ4v) is 3.09. The van der Waals surface area contributed by atoms with Gasteiger partial charge < -0.3 is 14.8 Å². The summed E-state index contributed by atoms with van der Waals surface area (Å²) >= 11 is 0. The molecule has 1 fully saturated rings. The van der Waals surface area contributed by atoms with Crippen LogP contribution in [0.5, 0.6) is 0 Å². The van der Waals surface area contributed by atoms with Crippen LogP contribution in [-0.2, 0) is 9.47 Å². The molecule has 3 nitrogen and oxygen atoms in total. The van der Waals surface area contributed by atoms with Crippen LogP contribution >= 0.6 is 0 Å². The van der Waals surface area contributed by atoms with Crippen molar-refractivity contribution >= 4 is 0 Å². The largest absolute Gasteiger partial charge is 0.379 e. The molecular formula is C18H37NO2. The molecule has 0 aromatic carbocycles. The normalized spacial score (nSPS) is 27.0. The molecule has 1 saturated carbocycles. The summed E-state index contributed by atoms with van der Waals surface area (Å²) in [7, 11) is 1.78. The van der Waals surface area contributed by atoms with E-state index in [9.17, 15) is 0 Å². The van der Waals surface area contributed by atoms with E-state index in [1.54, 1.807) is 7.11 Å². The van der Waals surface area contributed by atoms with Gasteiger partial charge in [-0.15, -0.1) is 0 Å². The molecule has 0 spiro atoms. The molecule has 1 rings (SSSR count). The molecule has 21 heavy (non-hydrogen) atoms. The van der Waals surface area contributed by atoms with Crippen LogP contribution in [-0.4, -0.2) is 38.0 Å². The molecule has 0 atom stereocenters. The van der Waals surface area contributed by atoms with Crippen LogP contribution in [0.2, 0.25) is 0 Å². The second-order valence-electron chi connectivity index (χ2n) is 7.27. The van der Waals surface area contributed by atoms with E-state index >= 15 is 0 Å². The Hall–Kier alpha value is -0.120. The Morgan fingerprint density at radius 2 is 1.86 bits per heavy atom. The molecule has 3 heteroatoms. The van der Waals surface area contributed by atoms with Gasteiger partial charge in [-0.05, 0) is 64.8 Å². The monoisotopic (exact) mass is 299 g/mol. The number of nitrogens with one attached hydrogen (secondary N) is 1. The molecule has 0 saturated heterocycles. The van der Waals surface area contributed by atoms with Gasteiger partial charge in [0.05, 0.1) is 17.8 Å². The Balaban J connectivity index is 2.48. The number of rotatable bonds is 10. The molecule has 126 valence electrons. The van der Waals surface area contributed by atoms with Crippen molar-refractivity contribution in [2.24, 2.45) is 5.92 Å². The maximum atomic E-state index is 6.41. The van der Waals surface area contributed by atoms with Crippen molar-refractivity contribution in [3.8, 4) is 0 Å². The number of ether oxygens (including phenoxy) is 2. The highest BCUT2D eigenvalue weighted by atomic mass is 16.5. The zero-order valence-corrected chi connectivity index (χ0v) is 15.0. The van der Waals surface area contributed by atoms with E-state index < -0.39 is 0 Å². The Kier molecular flexibility index (Phi) is 8.22. The van der Waals surface area contributed by atoms with Crippen LogP contribution in [0.4, 0.5) is 0 Å². The van der Waals surface area contributed by atoms with E-state index in [-0.39, 0.29) is 11.2 Å². The molecular weight excluding hydrogens is 262 g/mol. The Labute approximate surface area is 132 Å². The van der Waals surface area contributed by atoms with E-state index in [0.29, 0.717) is 0 Å². The third-order valence-electron chi connectivity index (χ3n) is 5.13. The summed E-state index contributed by atoms with van der Waals surface area (Å²) in [5.41, 5.74) is -0.0245. The average molecular weight is 299 g/mol. The zero-order valence-electron chi connectivity index (χ0n) is 15.0. The highest BCUT2D eigenvalue weighted by Gasteiger charge is 2.35. The van der Waals surface area contributed by atoms with Crippen LogP contribution in [0.3, 0.4) is 0 Å². The lowest BCUT2D eigenvalue weighted by molar-refractivity contribution is -0.0964. The van der Waals surface area contributed by atoms with Gasteiger partial charge in [-0.1, -0.05) is 20.3 Å². The topological polar surface area (TPSA) is 30.5 Å². The Bertz CT molecular complexity index is 265. The van der Waals surface area contributed by atoms with Crippen molar-refractivity contribution in [3.05, 3.63) is 0 Å². The van der Waals surface area contributed by atoms with E-state index in [4.69, 9.17) is 9.47 Å². The molecule has 0 aliphatic heterocycles. The first kappa shape index (κ1) is 18.9. The summed E-state index contributed by atoms with van der Waals surface area (Å²) in [5.74, 6) is 0.906. The van der Waals surface area contributed by atoms with Crippen LogP contribution in [0.1, 0.15) is 72.6 Å². The number of hydrogen-bond acceptors (Lipinski definition) is 3. The lowest BCUT2D eigenvalue weighted by Crippen LogP contribution is -2.46. The molecule has 0 unspecified atom stereocenters. The second kappa shape index (κ2) is 9.12. The predicted molar refractivity (Wildman–Crippen MR) is 89.8 cm³/mol. The number of methoxy groups -OCH3 is 1. The molecule has 0 aromatic heterocycles. The summed E-state index contributed by atoms with van der Waals surface area (Å²) < 4.78 is 11.9. The standard InChI is InChI=1S/C18H37NO2/c1-6-13-19-15-18(10-8-16(7-2)9-11-18)21-14-12-17(3,4)20-5/h16,19H,6-15H2,1-5H3. The van der Waals surface area contributed by atoms with Gasteiger partial charge in [0, 0.05) is 13.7 Å². The maximum Gasteiger partial charge on any atom is 0.0806 e. The van der Waals surface area contributed by atoms with Crippen LogP contribution in [0.15, 0.2) is 0 Å². The van der Waals surface area contributed by atoms with Gasteiger partial charge in [0.2, 0.25) is 0 Å². The molecule has 0 radical (unpaired) electrons. The molecule has 0 amide bonds. The highest BCUT2D eigenvalue weighted by molar-refractivity contribution is 4.89. The van der Waals surface area contributed by atoms with Gasteiger partial charge in [0.25, 0.3) is 0 Å². The van der Waals surface area contributed by atoms with E-state index in [2.05, 4.69) is 33.0 Å². The summed E-state index contributed by atoms with van der Waals surface area (Å²) in [6.45, 7) is 11.7. The van der Waals surface area contributed by atoms with Crippen molar-refractivity contribution in [2.75, 3.05) is 26.8 Å². The van der Waals surface area contributed by atoms with Gasteiger partial charge in [-0.3, -0.25) is 0 Å². The SMILES string of the molecule is CCCNCC1(OCCC(C)(C)OC)CCC(CC)CC1.